The Balaban J connectivity index is 1.81. The summed E-state index contributed by atoms with van der Waals surface area (Å²) in [7, 11) is 1.51. The smallest absolute Gasteiger partial charge is 0.331 e. The van der Waals surface area contributed by atoms with E-state index in [1.54, 1.807) is 48.5 Å². The maximum absolute atomic E-state index is 13.3. The molecule has 1 amide bonds. The molecule has 0 heterocycles. The van der Waals surface area contributed by atoms with Crippen molar-refractivity contribution in [3.8, 4) is 5.75 Å². The Hall–Kier alpha value is -3.93. The number of hydrogen-bond donors (Lipinski definition) is 1. The van der Waals surface area contributed by atoms with Gasteiger partial charge in [-0.15, -0.1) is 0 Å². The molecule has 0 aromatic heterocycles. The highest BCUT2D eigenvalue weighted by atomic mass is 19.1. The number of halogens is 1. The molecule has 0 saturated heterocycles. The summed E-state index contributed by atoms with van der Waals surface area (Å²) in [6.45, 7) is 1.89. The lowest BCUT2D eigenvalue weighted by molar-refractivity contribution is -0.149. The van der Waals surface area contributed by atoms with Crippen molar-refractivity contribution in [3.63, 3.8) is 0 Å². The molecular formula is C25H22FNO4. The fourth-order valence-electron chi connectivity index (χ4n) is 2.95. The molecule has 0 aliphatic heterocycles. The van der Waals surface area contributed by atoms with Crippen LogP contribution < -0.4 is 10.1 Å². The second-order valence-electron chi connectivity index (χ2n) is 6.81. The van der Waals surface area contributed by atoms with Gasteiger partial charge in [0.05, 0.1) is 12.8 Å². The number of aryl methyl sites for hydroxylation is 1. The molecular weight excluding hydrogens is 397 g/mol. The van der Waals surface area contributed by atoms with Crippen molar-refractivity contribution >= 4 is 23.6 Å². The minimum atomic E-state index is -1.18. The van der Waals surface area contributed by atoms with Crippen LogP contribution in [0.1, 0.15) is 22.8 Å². The maximum atomic E-state index is 13.3. The summed E-state index contributed by atoms with van der Waals surface area (Å²) in [5.41, 5.74) is 2.42. The van der Waals surface area contributed by atoms with E-state index < -0.39 is 23.8 Å². The monoisotopic (exact) mass is 419 g/mol. The predicted octanol–water partition coefficient (Wildman–Crippen LogP) is 5.08. The van der Waals surface area contributed by atoms with Gasteiger partial charge in [0.2, 0.25) is 6.10 Å². The molecule has 0 radical (unpaired) electrons. The lowest BCUT2D eigenvalue weighted by atomic mass is 10.1. The van der Waals surface area contributed by atoms with Crippen molar-refractivity contribution in [3.05, 3.63) is 101 Å². The van der Waals surface area contributed by atoms with Crippen LogP contribution in [0.5, 0.6) is 5.75 Å². The highest BCUT2D eigenvalue weighted by Crippen LogP contribution is 2.27. The molecule has 0 bridgehead atoms. The van der Waals surface area contributed by atoms with Crippen LogP contribution in [-0.4, -0.2) is 19.0 Å². The number of nitrogens with one attached hydrogen (secondary N) is 1. The van der Waals surface area contributed by atoms with E-state index >= 15 is 0 Å². The van der Waals surface area contributed by atoms with Crippen LogP contribution in [0.4, 0.5) is 10.1 Å². The van der Waals surface area contributed by atoms with Crippen LogP contribution >= 0.6 is 0 Å². The van der Waals surface area contributed by atoms with Crippen LogP contribution in [0.15, 0.2) is 78.9 Å². The number of carbonyl (C=O) groups excluding carboxylic acids is 2. The maximum Gasteiger partial charge on any atom is 0.331 e. The number of anilines is 1. The molecule has 0 saturated carbocycles. The summed E-state index contributed by atoms with van der Waals surface area (Å²) < 4.78 is 24.1. The summed E-state index contributed by atoms with van der Waals surface area (Å²) in [5.74, 6) is -1.18. The average molecular weight is 419 g/mol. The first-order valence-electron chi connectivity index (χ1n) is 9.61. The van der Waals surface area contributed by atoms with Crippen molar-refractivity contribution in [1.29, 1.82) is 0 Å². The zero-order valence-corrected chi connectivity index (χ0v) is 17.2. The minimum absolute atomic E-state index is 0.413. The third-order valence-corrected chi connectivity index (χ3v) is 4.45. The van der Waals surface area contributed by atoms with E-state index in [0.717, 1.165) is 11.6 Å². The molecule has 1 unspecified atom stereocenters. The molecule has 0 spiro atoms. The number of amides is 1. The highest BCUT2D eigenvalue weighted by Gasteiger charge is 2.25. The van der Waals surface area contributed by atoms with Gasteiger partial charge in [0, 0.05) is 11.6 Å². The second kappa shape index (κ2) is 10.2. The number of esters is 1. The molecule has 3 aromatic carbocycles. The molecule has 158 valence electrons. The summed E-state index contributed by atoms with van der Waals surface area (Å²) in [5, 5.41) is 2.77. The van der Waals surface area contributed by atoms with Crippen LogP contribution in [-0.2, 0) is 14.3 Å². The van der Waals surface area contributed by atoms with E-state index in [0.29, 0.717) is 22.6 Å². The number of ether oxygens (including phenoxy) is 2. The van der Waals surface area contributed by atoms with Crippen molar-refractivity contribution in [2.24, 2.45) is 0 Å². The highest BCUT2D eigenvalue weighted by molar-refractivity contribution is 5.98. The molecule has 3 rings (SSSR count). The van der Waals surface area contributed by atoms with Gasteiger partial charge in [-0.2, -0.15) is 0 Å². The summed E-state index contributed by atoms with van der Waals surface area (Å²) in [6.07, 6.45) is 1.40. The van der Waals surface area contributed by atoms with Crippen molar-refractivity contribution in [2.45, 2.75) is 13.0 Å². The predicted molar refractivity (Wildman–Crippen MR) is 117 cm³/mol. The van der Waals surface area contributed by atoms with E-state index in [1.807, 2.05) is 13.0 Å². The Morgan fingerprint density at radius 2 is 1.77 bits per heavy atom. The molecule has 6 heteroatoms. The van der Waals surface area contributed by atoms with Crippen LogP contribution in [0.3, 0.4) is 0 Å². The van der Waals surface area contributed by atoms with Gasteiger partial charge in [-0.3, -0.25) is 4.79 Å². The number of methoxy groups -OCH3 is 1. The Morgan fingerprint density at radius 3 is 2.48 bits per heavy atom. The van der Waals surface area contributed by atoms with Crippen LogP contribution in [0, 0.1) is 12.7 Å². The average Bonchev–Trinajstić information content (AvgIpc) is 2.77. The van der Waals surface area contributed by atoms with Gasteiger partial charge in [-0.25, -0.2) is 9.18 Å². The van der Waals surface area contributed by atoms with Crippen molar-refractivity contribution in [1.82, 2.24) is 0 Å². The van der Waals surface area contributed by atoms with Crippen LogP contribution in [0.2, 0.25) is 0 Å². The summed E-state index contributed by atoms with van der Waals surface area (Å²) in [6, 6.07) is 19.9. The first-order valence-corrected chi connectivity index (χ1v) is 9.61. The van der Waals surface area contributed by atoms with E-state index in [-0.39, 0.29) is 0 Å². The molecule has 0 fully saturated rings. The quantitative estimate of drug-likeness (QED) is 0.429. The zero-order valence-electron chi connectivity index (χ0n) is 17.2. The van der Waals surface area contributed by atoms with Crippen molar-refractivity contribution < 1.29 is 23.5 Å². The lowest BCUT2D eigenvalue weighted by Crippen LogP contribution is -2.25. The van der Waals surface area contributed by atoms with Gasteiger partial charge in [0.15, 0.2) is 0 Å². The standard InChI is InChI=1S/C25H22FNO4/c1-17-11-13-22(30-2)21(15-17)27-25(29)24(19-8-4-3-5-9-19)31-23(28)14-12-18-7-6-10-20(26)16-18/h3-16,24H,1-2H3,(H,27,29)/b14-12+. The molecule has 3 aromatic rings. The first kappa shape index (κ1) is 21.8. The Bertz CT molecular complexity index is 1100. The fourth-order valence-corrected chi connectivity index (χ4v) is 2.95. The summed E-state index contributed by atoms with van der Waals surface area (Å²) in [4.78, 5) is 25.4. The number of hydrogen-bond acceptors (Lipinski definition) is 4. The van der Waals surface area contributed by atoms with Crippen LogP contribution in [0.25, 0.3) is 6.08 Å². The first-order chi connectivity index (χ1) is 15.0. The summed E-state index contributed by atoms with van der Waals surface area (Å²) >= 11 is 0. The van der Waals surface area contributed by atoms with E-state index in [1.165, 1.54) is 31.4 Å². The molecule has 0 aliphatic carbocycles. The fraction of sp³-hybridized carbons (Fsp3) is 0.120. The SMILES string of the molecule is COc1ccc(C)cc1NC(=O)C(OC(=O)/C=C/c1cccc(F)c1)c1ccccc1. The van der Waals surface area contributed by atoms with E-state index in [2.05, 4.69) is 5.32 Å². The van der Waals surface area contributed by atoms with Gasteiger partial charge < -0.3 is 14.8 Å². The van der Waals surface area contributed by atoms with Gasteiger partial charge in [-0.1, -0.05) is 48.5 Å². The third-order valence-electron chi connectivity index (χ3n) is 4.45. The van der Waals surface area contributed by atoms with E-state index in [4.69, 9.17) is 9.47 Å². The normalized spacial score (nSPS) is 11.7. The minimum Gasteiger partial charge on any atom is -0.495 e. The number of carbonyl (C=O) groups is 2. The Labute approximate surface area is 180 Å². The zero-order chi connectivity index (χ0) is 22.2. The Kier molecular flexibility index (Phi) is 7.17. The third kappa shape index (κ3) is 6.02. The van der Waals surface area contributed by atoms with Gasteiger partial charge in [0.1, 0.15) is 11.6 Å². The van der Waals surface area contributed by atoms with Crippen molar-refractivity contribution in [2.75, 3.05) is 12.4 Å². The second-order valence-corrected chi connectivity index (χ2v) is 6.81. The largest absolute Gasteiger partial charge is 0.495 e. The molecule has 1 atom stereocenters. The molecule has 31 heavy (non-hydrogen) atoms. The number of benzene rings is 3. The molecule has 1 N–H and O–H groups in total. The van der Waals surface area contributed by atoms with Gasteiger partial charge in [0.25, 0.3) is 5.91 Å². The van der Waals surface area contributed by atoms with Gasteiger partial charge in [-0.05, 0) is 48.4 Å². The van der Waals surface area contributed by atoms with E-state index in [9.17, 15) is 14.0 Å². The Morgan fingerprint density at radius 1 is 1.00 bits per heavy atom. The van der Waals surface area contributed by atoms with Gasteiger partial charge >= 0.3 is 5.97 Å². The lowest BCUT2D eigenvalue weighted by Gasteiger charge is -2.18. The topological polar surface area (TPSA) is 64.6 Å². The number of rotatable bonds is 7. The molecule has 5 nitrogen and oxygen atoms in total. The molecule has 0 aliphatic rings.